The van der Waals surface area contributed by atoms with Gasteiger partial charge in [-0.3, -0.25) is 22.3 Å². The second-order valence-electron chi connectivity index (χ2n) is 6.43. The average molecular weight is 371 g/mol. The van der Waals surface area contributed by atoms with Crippen LogP contribution < -0.4 is 44.4 Å². The van der Waals surface area contributed by atoms with Gasteiger partial charge in [0.25, 0.3) is 11.7 Å². The maximum Gasteiger partial charge on any atom is 0.270 e. The molecule has 0 radical (unpaired) electrons. The zero-order valence-electron chi connectivity index (χ0n) is 15.5. The van der Waals surface area contributed by atoms with Crippen molar-refractivity contribution < 1.29 is 10.8 Å². The zero-order valence-corrected chi connectivity index (χ0v) is 15.5. The van der Waals surface area contributed by atoms with E-state index in [-0.39, 0.29) is 11.7 Å². The van der Waals surface area contributed by atoms with Crippen LogP contribution in [0.1, 0.15) is 30.4 Å². The topological polar surface area (TPSA) is 179 Å². The summed E-state index contributed by atoms with van der Waals surface area (Å²) in [5.74, 6) is 0.529. The van der Waals surface area contributed by atoms with Crippen molar-refractivity contribution in [3.63, 3.8) is 0 Å². The molecule has 0 saturated heterocycles. The SMILES string of the molecule is NC(=[NH2+])c1ccc(NCCCCCNc2ccc(C(N)=[NH2+])cc2N)c(N)c1. The van der Waals surface area contributed by atoms with E-state index in [1.54, 1.807) is 12.1 Å². The molecule has 2 aromatic carbocycles. The monoisotopic (exact) mass is 370 g/mol. The lowest BCUT2D eigenvalue weighted by Gasteiger charge is -2.11. The van der Waals surface area contributed by atoms with Gasteiger partial charge in [-0.25, -0.2) is 0 Å². The second kappa shape index (κ2) is 9.33. The van der Waals surface area contributed by atoms with Crippen molar-refractivity contribution in [2.45, 2.75) is 19.3 Å². The van der Waals surface area contributed by atoms with Gasteiger partial charge in [-0.05, 0) is 55.7 Å². The van der Waals surface area contributed by atoms with Crippen LogP contribution in [0.4, 0.5) is 22.7 Å². The largest absolute Gasteiger partial charge is 0.397 e. The molecule has 0 bridgehead atoms. The third-order valence-corrected chi connectivity index (χ3v) is 4.25. The Morgan fingerprint density at radius 1 is 0.704 bits per heavy atom. The van der Waals surface area contributed by atoms with Crippen LogP contribution in [0.25, 0.3) is 0 Å². The molecule has 27 heavy (non-hydrogen) atoms. The Hall–Kier alpha value is -3.42. The quantitative estimate of drug-likeness (QED) is 0.109. The minimum Gasteiger partial charge on any atom is -0.397 e. The minimum atomic E-state index is 0.264. The van der Waals surface area contributed by atoms with Crippen molar-refractivity contribution in [3.05, 3.63) is 47.5 Å². The normalized spacial score (nSPS) is 10.4. The maximum absolute atomic E-state index is 6.00. The molecule has 8 nitrogen and oxygen atoms in total. The van der Waals surface area contributed by atoms with Crippen LogP contribution in [0, 0.1) is 0 Å². The summed E-state index contributed by atoms with van der Waals surface area (Å²) in [4.78, 5) is 0. The van der Waals surface area contributed by atoms with Crippen LogP contribution in [0.2, 0.25) is 0 Å². The van der Waals surface area contributed by atoms with Crippen LogP contribution in [-0.2, 0) is 0 Å². The highest BCUT2D eigenvalue weighted by Crippen LogP contribution is 2.20. The number of amidine groups is 2. The fourth-order valence-electron chi connectivity index (χ4n) is 2.68. The summed E-state index contributed by atoms with van der Waals surface area (Å²) in [5.41, 5.74) is 27.7. The molecule has 8 heteroatoms. The molecule has 144 valence electrons. The van der Waals surface area contributed by atoms with Gasteiger partial charge in [0.05, 0.1) is 33.9 Å². The molecule has 2 aromatic rings. The Labute approximate surface area is 159 Å². The van der Waals surface area contributed by atoms with Gasteiger partial charge in [0.15, 0.2) is 0 Å². The summed E-state index contributed by atoms with van der Waals surface area (Å²) in [7, 11) is 0. The van der Waals surface area contributed by atoms with Gasteiger partial charge in [-0.2, -0.15) is 0 Å². The molecular formula is C19H30N8+2. The Bertz CT molecular complexity index is 748. The molecule has 0 aromatic heterocycles. The molecule has 0 aliphatic carbocycles. The third-order valence-electron chi connectivity index (χ3n) is 4.25. The molecule has 0 aliphatic rings. The van der Waals surface area contributed by atoms with Gasteiger partial charge in [-0.1, -0.05) is 0 Å². The number of benzene rings is 2. The Kier molecular flexibility index (Phi) is 6.87. The third kappa shape index (κ3) is 5.81. The van der Waals surface area contributed by atoms with Crippen molar-refractivity contribution in [2.24, 2.45) is 11.5 Å². The predicted octanol–water partition coefficient (Wildman–Crippen LogP) is -1.53. The van der Waals surface area contributed by atoms with Crippen molar-refractivity contribution in [1.29, 1.82) is 0 Å². The Morgan fingerprint density at radius 2 is 1.11 bits per heavy atom. The lowest BCUT2D eigenvalue weighted by atomic mass is 10.1. The highest BCUT2D eigenvalue weighted by atomic mass is 14.9. The smallest absolute Gasteiger partial charge is 0.270 e. The lowest BCUT2D eigenvalue weighted by molar-refractivity contribution is -0.115. The van der Waals surface area contributed by atoms with E-state index >= 15 is 0 Å². The van der Waals surface area contributed by atoms with E-state index in [0.717, 1.165) is 54.9 Å². The first-order valence-electron chi connectivity index (χ1n) is 8.92. The van der Waals surface area contributed by atoms with Gasteiger partial charge >= 0.3 is 0 Å². The summed E-state index contributed by atoms with van der Waals surface area (Å²) < 4.78 is 0. The molecule has 2 rings (SSSR count). The van der Waals surface area contributed by atoms with E-state index in [2.05, 4.69) is 10.6 Å². The highest BCUT2D eigenvalue weighted by molar-refractivity contribution is 5.95. The number of hydrogen-bond acceptors (Lipinski definition) is 4. The molecule has 0 saturated carbocycles. The number of nitrogens with two attached hydrogens (primary N) is 6. The molecule has 0 aliphatic heterocycles. The number of anilines is 4. The van der Waals surface area contributed by atoms with Gasteiger partial charge in [-0.15, -0.1) is 0 Å². The van der Waals surface area contributed by atoms with E-state index in [0.29, 0.717) is 11.4 Å². The summed E-state index contributed by atoms with van der Waals surface area (Å²) in [6.07, 6.45) is 3.13. The van der Waals surface area contributed by atoms with Crippen LogP contribution in [0.15, 0.2) is 36.4 Å². The lowest BCUT2D eigenvalue weighted by Crippen LogP contribution is -2.46. The first-order valence-corrected chi connectivity index (χ1v) is 8.92. The molecule has 0 spiro atoms. The Balaban J connectivity index is 1.67. The Morgan fingerprint density at radius 3 is 1.44 bits per heavy atom. The first-order chi connectivity index (χ1) is 12.9. The van der Waals surface area contributed by atoms with Gasteiger partial charge in [0.1, 0.15) is 0 Å². The van der Waals surface area contributed by atoms with E-state index in [1.807, 2.05) is 24.3 Å². The number of nitrogen functional groups attached to an aromatic ring is 2. The molecule has 0 heterocycles. The molecule has 14 N–H and O–H groups in total. The summed E-state index contributed by atoms with van der Waals surface area (Å²) in [6.45, 7) is 1.68. The van der Waals surface area contributed by atoms with E-state index in [4.69, 9.17) is 33.8 Å². The van der Waals surface area contributed by atoms with Crippen molar-refractivity contribution in [1.82, 2.24) is 0 Å². The molecule has 0 unspecified atom stereocenters. The number of rotatable bonds is 10. The maximum atomic E-state index is 6.00. The number of hydrogen-bond donors (Lipinski definition) is 8. The molecule has 0 amide bonds. The van der Waals surface area contributed by atoms with Gasteiger partial charge in [0.2, 0.25) is 0 Å². The van der Waals surface area contributed by atoms with Crippen LogP contribution in [-0.4, -0.2) is 24.8 Å². The summed E-state index contributed by atoms with van der Waals surface area (Å²) in [6, 6.07) is 11.0. The summed E-state index contributed by atoms with van der Waals surface area (Å²) >= 11 is 0. The van der Waals surface area contributed by atoms with Crippen LogP contribution >= 0.6 is 0 Å². The molecule has 0 atom stereocenters. The fourth-order valence-corrected chi connectivity index (χ4v) is 2.68. The van der Waals surface area contributed by atoms with Crippen LogP contribution in [0.5, 0.6) is 0 Å². The minimum absolute atomic E-state index is 0.264. The first kappa shape index (κ1) is 19.9. The predicted molar refractivity (Wildman–Crippen MR) is 113 cm³/mol. The molecular weight excluding hydrogens is 340 g/mol. The van der Waals surface area contributed by atoms with Crippen molar-refractivity contribution in [2.75, 3.05) is 35.2 Å². The summed E-state index contributed by atoms with van der Waals surface area (Å²) in [5, 5.41) is 17.8. The number of nitrogens with one attached hydrogen (secondary N) is 2. The van der Waals surface area contributed by atoms with E-state index in [1.165, 1.54) is 0 Å². The highest BCUT2D eigenvalue weighted by Gasteiger charge is 2.06. The average Bonchev–Trinajstić information content (AvgIpc) is 2.62. The van der Waals surface area contributed by atoms with Crippen molar-refractivity contribution in [3.8, 4) is 0 Å². The van der Waals surface area contributed by atoms with Gasteiger partial charge in [0, 0.05) is 13.1 Å². The van der Waals surface area contributed by atoms with Crippen LogP contribution in [0.3, 0.4) is 0 Å². The number of unbranched alkanes of at least 4 members (excludes halogenated alkanes) is 2. The van der Waals surface area contributed by atoms with Crippen molar-refractivity contribution >= 4 is 34.4 Å². The van der Waals surface area contributed by atoms with E-state index < -0.39 is 0 Å². The van der Waals surface area contributed by atoms with E-state index in [9.17, 15) is 0 Å². The van der Waals surface area contributed by atoms with Gasteiger partial charge < -0.3 is 22.1 Å². The standard InChI is InChI=1S/C19H28N8/c20-14-10-12(18(22)23)4-6-16(14)26-8-2-1-3-9-27-17-7-5-13(19(24)25)11-15(17)21/h4-7,10-11,26-27H,1-3,8-9,20-21H2,(H3,22,23)(H3,24,25)/p+2. The fraction of sp³-hybridized carbons (Fsp3) is 0.263. The second-order valence-corrected chi connectivity index (χ2v) is 6.43. The zero-order chi connectivity index (χ0) is 19.8. The molecule has 0 fully saturated rings.